The van der Waals surface area contributed by atoms with Crippen LogP contribution in [0.3, 0.4) is 0 Å². The highest BCUT2D eigenvalue weighted by Crippen LogP contribution is 2.22. The largest absolute Gasteiger partial charge is 0.392 e. The molecule has 1 nitrogen and oxygen atoms in total. The smallest absolute Gasteiger partial charge is 0.126 e. The van der Waals surface area contributed by atoms with Crippen molar-refractivity contribution in [1.82, 2.24) is 0 Å². The lowest BCUT2D eigenvalue weighted by atomic mass is 10.1. The molecule has 1 atom stereocenters. The Morgan fingerprint density at radius 1 is 1.11 bits per heavy atom. The SMILES string of the molecule is OC(CSc1ccc(Cl)cc1)Cc1ccccc1F. The van der Waals surface area contributed by atoms with E-state index in [1.807, 2.05) is 24.3 Å². The molecule has 0 aliphatic heterocycles. The molecule has 0 heterocycles. The van der Waals surface area contributed by atoms with Gasteiger partial charge in [-0.3, -0.25) is 0 Å². The zero-order valence-corrected chi connectivity index (χ0v) is 11.8. The van der Waals surface area contributed by atoms with E-state index < -0.39 is 6.10 Å². The van der Waals surface area contributed by atoms with E-state index in [1.165, 1.54) is 17.8 Å². The highest BCUT2D eigenvalue weighted by Gasteiger charge is 2.09. The lowest BCUT2D eigenvalue weighted by Gasteiger charge is -2.11. The molecule has 4 heteroatoms. The van der Waals surface area contributed by atoms with Crippen molar-refractivity contribution in [2.75, 3.05) is 5.75 Å². The molecule has 0 aromatic heterocycles. The van der Waals surface area contributed by atoms with E-state index in [1.54, 1.807) is 18.2 Å². The van der Waals surface area contributed by atoms with E-state index in [-0.39, 0.29) is 5.82 Å². The second-order valence-corrected chi connectivity index (χ2v) is 5.74. The topological polar surface area (TPSA) is 20.2 Å². The van der Waals surface area contributed by atoms with Gasteiger partial charge >= 0.3 is 0 Å². The molecule has 100 valence electrons. The van der Waals surface area contributed by atoms with Crippen LogP contribution in [0.4, 0.5) is 4.39 Å². The lowest BCUT2D eigenvalue weighted by Crippen LogP contribution is -2.14. The number of aliphatic hydroxyl groups excluding tert-OH is 1. The minimum atomic E-state index is -0.572. The maximum absolute atomic E-state index is 13.4. The maximum atomic E-state index is 13.4. The van der Waals surface area contributed by atoms with Gasteiger partial charge in [-0.25, -0.2) is 4.39 Å². The van der Waals surface area contributed by atoms with Crippen LogP contribution in [-0.2, 0) is 6.42 Å². The number of aliphatic hydroxyl groups is 1. The van der Waals surface area contributed by atoms with Crippen LogP contribution in [0, 0.1) is 5.82 Å². The number of benzene rings is 2. The third kappa shape index (κ3) is 4.53. The van der Waals surface area contributed by atoms with Gasteiger partial charge in [0.25, 0.3) is 0 Å². The predicted molar refractivity (Wildman–Crippen MR) is 78.3 cm³/mol. The van der Waals surface area contributed by atoms with E-state index in [2.05, 4.69) is 0 Å². The second-order valence-electron chi connectivity index (χ2n) is 4.21. The van der Waals surface area contributed by atoms with Gasteiger partial charge in [-0.05, 0) is 35.9 Å². The first-order valence-electron chi connectivity index (χ1n) is 5.95. The van der Waals surface area contributed by atoms with Crippen LogP contribution in [0.1, 0.15) is 5.56 Å². The number of rotatable bonds is 5. The predicted octanol–water partition coefficient (Wildman–Crippen LogP) is 4.17. The zero-order chi connectivity index (χ0) is 13.7. The fourth-order valence-electron chi connectivity index (χ4n) is 1.70. The average Bonchev–Trinajstić information content (AvgIpc) is 2.41. The molecule has 2 aromatic carbocycles. The van der Waals surface area contributed by atoms with Gasteiger partial charge in [0.1, 0.15) is 5.82 Å². The summed E-state index contributed by atoms with van der Waals surface area (Å²) >= 11 is 7.33. The lowest BCUT2D eigenvalue weighted by molar-refractivity contribution is 0.198. The maximum Gasteiger partial charge on any atom is 0.126 e. The molecule has 1 N–H and O–H groups in total. The molecular formula is C15H14ClFOS. The van der Waals surface area contributed by atoms with Gasteiger partial charge in [0, 0.05) is 22.1 Å². The Bertz CT molecular complexity index is 530. The summed E-state index contributed by atoms with van der Waals surface area (Å²) in [4.78, 5) is 1.04. The Morgan fingerprint density at radius 2 is 1.79 bits per heavy atom. The quantitative estimate of drug-likeness (QED) is 0.836. The van der Waals surface area contributed by atoms with Crippen molar-refractivity contribution in [2.24, 2.45) is 0 Å². The van der Waals surface area contributed by atoms with Gasteiger partial charge in [0.15, 0.2) is 0 Å². The van der Waals surface area contributed by atoms with Gasteiger partial charge in [-0.2, -0.15) is 0 Å². The molecule has 0 spiro atoms. The zero-order valence-electron chi connectivity index (χ0n) is 10.2. The van der Waals surface area contributed by atoms with Crippen LogP contribution in [0.15, 0.2) is 53.4 Å². The summed E-state index contributed by atoms with van der Waals surface area (Å²) in [5, 5.41) is 10.6. The van der Waals surface area contributed by atoms with Crippen LogP contribution < -0.4 is 0 Å². The fourth-order valence-corrected chi connectivity index (χ4v) is 2.66. The monoisotopic (exact) mass is 296 g/mol. The molecule has 0 aliphatic carbocycles. The van der Waals surface area contributed by atoms with E-state index >= 15 is 0 Å². The van der Waals surface area contributed by atoms with Crippen molar-refractivity contribution in [1.29, 1.82) is 0 Å². The van der Waals surface area contributed by atoms with Gasteiger partial charge in [0.05, 0.1) is 6.10 Å². The molecule has 0 aliphatic rings. The minimum absolute atomic E-state index is 0.266. The molecule has 19 heavy (non-hydrogen) atoms. The van der Waals surface area contributed by atoms with Crippen molar-refractivity contribution in [2.45, 2.75) is 17.4 Å². The van der Waals surface area contributed by atoms with Crippen LogP contribution in [0.25, 0.3) is 0 Å². The normalized spacial score (nSPS) is 12.4. The summed E-state index contributed by atoms with van der Waals surface area (Å²) < 4.78 is 13.4. The van der Waals surface area contributed by atoms with E-state index in [9.17, 15) is 9.50 Å². The Labute approximate surface area is 121 Å². The summed E-state index contributed by atoms with van der Waals surface area (Å²) in [5.74, 6) is 0.258. The van der Waals surface area contributed by atoms with Crippen molar-refractivity contribution in [3.63, 3.8) is 0 Å². The minimum Gasteiger partial charge on any atom is -0.392 e. The summed E-state index contributed by atoms with van der Waals surface area (Å²) in [6.07, 6.45) is -0.245. The third-order valence-electron chi connectivity index (χ3n) is 2.67. The molecule has 0 saturated carbocycles. The fraction of sp³-hybridized carbons (Fsp3) is 0.200. The second kappa shape index (κ2) is 6.94. The van der Waals surface area contributed by atoms with Gasteiger partial charge < -0.3 is 5.11 Å². The first-order valence-corrected chi connectivity index (χ1v) is 7.31. The molecule has 0 bridgehead atoms. The first kappa shape index (κ1) is 14.4. The number of thioether (sulfide) groups is 1. The van der Waals surface area contributed by atoms with Crippen LogP contribution in [-0.4, -0.2) is 17.0 Å². The summed E-state index contributed by atoms with van der Waals surface area (Å²) in [7, 11) is 0. The highest BCUT2D eigenvalue weighted by molar-refractivity contribution is 7.99. The summed E-state index contributed by atoms with van der Waals surface area (Å²) in [6, 6.07) is 14.0. The van der Waals surface area contributed by atoms with Crippen molar-refractivity contribution >= 4 is 23.4 Å². The van der Waals surface area contributed by atoms with E-state index in [0.29, 0.717) is 22.8 Å². The molecule has 1 unspecified atom stereocenters. The van der Waals surface area contributed by atoms with Gasteiger partial charge in [-0.15, -0.1) is 11.8 Å². The summed E-state index contributed by atoms with van der Waals surface area (Å²) in [5.41, 5.74) is 0.548. The van der Waals surface area contributed by atoms with Gasteiger partial charge in [-0.1, -0.05) is 29.8 Å². The van der Waals surface area contributed by atoms with Crippen molar-refractivity contribution in [3.05, 3.63) is 64.9 Å². The molecule has 0 amide bonds. The molecule has 2 aromatic rings. The van der Waals surface area contributed by atoms with Gasteiger partial charge in [0.2, 0.25) is 0 Å². The molecule has 0 fully saturated rings. The number of halogens is 2. The molecule has 0 radical (unpaired) electrons. The number of hydrogen-bond acceptors (Lipinski definition) is 2. The highest BCUT2D eigenvalue weighted by atomic mass is 35.5. The van der Waals surface area contributed by atoms with Crippen LogP contribution in [0.2, 0.25) is 5.02 Å². The molecular weight excluding hydrogens is 283 g/mol. The Morgan fingerprint density at radius 3 is 2.47 bits per heavy atom. The van der Waals surface area contributed by atoms with Crippen LogP contribution >= 0.6 is 23.4 Å². The van der Waals surface area contributed by atoms with Crippen molar-refractivity contribution < 1.29 is 9.50 Å². The molecule has 2 rings (SSSR count). The van der Waals surface area contributed by atoms with Crippen molar-refractivity contribution in [3.8, 4) is 0 Å². The third-order valence-corrected chi connectivity index (χ3v) is 4.08. The Balaban J connectivity index is 1.86. The van der Waals surface area contributed by atoms with E-state index in [4.69, 9.17) is 11.6 Å². The Hall–Kier alpha value is -1.03. The molecule has 0 saturated heterocycles. The summed E-state index contributed by atoms with van der Waals surface area (Å²) in [6.45, 7) is 0. The number of hydrogen-bond donors (Lipinski definition) is 1. The first-order chi connectivity index (χ1) is 9.15. The average molecular weight is 297 g/mol. The van der Waals surface area contributed by atoms with E-state index in [0.717, 1.165) is 4.90 Å². The van der Waals surface area contributed by atoms with Crippen LogP contribution in [0.5, 0.6) is 0 Å². The standard InChI is InChI=1S/C15H14ClFOS/c16-12-5-7-14(8-6-12)19-10-13(18)9-11-3-1-2-4-15(11)17/h1-8,13,18H,9-10H2. The Kier molecular flexibility index (Phi) is 5.25.